The first-order chi connectivity index (χ1) is 31.3. The minimum absolute atomic E-state index is 0.927. The molecule has 0 fully saturated rings. The van der Waals surface area contributed by atoms with Crippen LogP contribution in [0.15, 0.2) is 240 Å². The van der Waals surface area contributed by atoms with Crippen LogP contribution < -0.4 is 30.4 Å². The fourth-order valence-corrected chi connectivity index (χ4v) is 17.6. The van der Waals surface area contributed by atoms with Crippen LogP contribution in [0.4, 0.5) is 17.1 Å². The van der Waals surface area contributed by atoms with Crippen LogP contribution in [-0.2, 0) is 0 Å². The van der Waals surface area contributed by atoms with Gasteiger partial charge in [-0.2, -0.15) is 0 Å². The summed E-state index contributed by atoms with van der Waals surface area (Å²) < 4.78 is 9.31. The van der Waals surface area contributed by atoms with E-state index in [9.17, 15) is 0 Å². The normalized spacial score (nSPS) is 13.3. The third-order valence-electron chi connectivity index (χ3n) is 13.1. The molecule has 0 amide bonds. The Kier molecular flexibility index (Phi) is 8.17. The minimum atomic E-state index is -2.88. The molecule has 2 aliphatic rings. The van der Waals surface area contributed by atoms with Gasteiger partial charge < -0.3 is 14.2 Å². The van der Waals surface area contributed by atoms with Gasteiger partial charge >= 0.3 is 0 Å². The SMILES string of the molecule is c1ccc(-n2c3ccccc3c3c(-c4ccc(N(c5ccc6c(c5)[Si]5(c7ccccc7O6)c6ccccc6Sc6ccccc65)c5cccc6ccccc56)cc4)cccc32)cc1. The van der Waals surface area contributed by atoms with Gasteiger partial charge in [-0.15, -0.1) is 0 Å². The minimum Gasteiger partial charge on any atom is -0.458 e. The Balaban J connectivity index is 1.03. The van der Waals surface area contributed by atoms with Gasteiger partial charge in [0.15, 0.2) is 8.07 Å². The summed E-state index contributed by atoms with van der Waals surface area (Å²) in [5, 5.41) is 10.3. The summed E-state index contributed by atoms with van der Waals surface area (Å²) in [7, 11) is -2.88. The zero-order valence-electron chi connectivity index (χ0n) is 34.2. The molecule has 0 unspecified atom stereocenters. The third kappa shape index (κ3) is 5.40. The van der Waals surface area contributed by atoms with Crippen LogP contribution in [0, 0.1) is 0 Å². The maximum absolute atomic E-state index is 6.92. The smallest absolute Gasteiger partial charge is 0.190 e. The summed E-state index contributed by atoms with van der Waals surface area (Å²) in [5.74, 6) is 1.88. The molecule has 11 aromatic rings. The summed E-state index contributed by atoms with van der Waals surface area (Å²) in [5.41, 5.74) is 9.25. The number of ether oxygens (including phenoxy) is 1. The van der Waals surface area contributed by atoms with Gasteiger partial charge in [-0.25, -0.2) is 0 Å². The van der Waals surface area contributed by atoms with Crippen molar-refractivity contribution in [1.82, 2.24) is 4.57 Å². The van der Waals surface area contributed by atoms with Crippen molar-refractivity contribution in [3.8, 4) is 28.3 Å². The Bertz CT molecular complexity index is 3490. The average molecular weight is 839 g/mol. The van der Waals surface area contributed by atoms with Gasteiger partial charge in [0.05, 0.1) is 16.7 Å². The summed E-state index contributed by atoms with van der Waals surface area (Å²) in [6, 6.07) is 84.6. The lowest BCUT2D eigenvalue weighted by Crippen LogP contribution is -2.77. The van der Waals surface area contributed by atoms with Crippen LogP contribution in [0.5, 0.6) is 11.5 Å². The molecule has 0 radical (unpaired) electrons. The fraction of sp³-hybridized carbons (Fsp3) is 0. The van der Waals surface area contributed by atoms with Gasteiger partial charge in [0.25, 0.3) is 0 Å². The highest BCUT2D eigenvalue weighted by atomic mass is 32.2. The molecular weight excluding hydrogens is 801 g/mol. The van der Waals surface area contributed by atoms with Gasteiger partial charge in [-0.05, 0) is 116 Å². The van der Waals surface area contributed by atoms with E-state index in [0.29, 0.717) is 0 Å². The van der Waals surface area contributed by atoms with E-state index in [1.54, 1.807) is 0 Å². The molecule has 0 atom stereocenters. The topological polar surface area (TPSA) is 17.4 Å². The molecular formula is C58H38N2OSSi. The van der Waals surface area contributed by atoms with Gasteiger partial charge in [-0.3, -0.25) is 0 Å². The molecule has 296 valence electrons. The standard InChI is InChI=1S/C58H38N2OSSi/c1-2-18-41(19-3-1)60-48-23-7-6-21-46(48)58-45(22-15-25-49(58)60)40-32-34-42(35-33-40)59(47-24-14-17-39-16-4-5-20-44(39)47)43-36-37-51-57(38-43)63(54-29-11-8-26-50(54)61-51)55-30-12-9-27-52(55)62-53-28-10-13-31-56(53)63/h1-38H. The van der Waals surface area contributed by atoms with E-state index in [4.69, 9.17) is 4.74 Å². The van der Waals surface area contributed by atoms with Crippen molar-refractivity contribution in [1.29, 1.82) is 0 Å². The molecule has 10 aromatic carbocycles. The molecule has 0 bridgehead atoms. The first kappa shape index (κ1) is 36.1. The van der Waals surface area contributed by atoms with Crippen molar-refractivity contribution in [2.75, 3.05) is 4.90 Å². The lowest BCUT2D eigenvalue weighted by atomic mass is 9.99. The van der Waals surface area contributed by atoms with Crippen LogP contribution in [0.25, 0.3) is 49.4 Å². The first-order valence-electron chi connectivity index (χ1n) is 21.5. The first-order valence-corrected chi connectivity index (χ1v) is 24.3. The highest BCUT2D eigenvalue weighted by Gasteiger charge is 2.52. The zero-order valence-corrected chi connectivity index (χ0v) is 36.0. The molecule has 0 saturated heterocycles. The van der Waals surface area contributed by atoms with Gasteiger partial charge in [-0.1, -0.05) is 163 Å². The molecule has 2 aliphatic heterocycles. The molecule has 3 nitrogen and oxygen atoms in total. The van der Waals surface area contributed by atoms with E-state index in [-0.39, 0.29) is 0 Å². The maximum atomic E-state index is 6.92. The molecule has 3 heterocycles. The lowest BCUT2D eigenvalue weighted by Gasteiger charge is -2.43. The number of aromatic nitrogens is 1. The van der Waals surface area contributed by atoms with Crippen molar-refractivity contribution in [3.63, 3.8) is 0 Å². The molecule has 13 rings (SSSR count). The number of nitrogens with zero attached hydrogens (tertiary/aromatic N) is 2. The second kappa shape index (κ2) is 14.2. The van der Waals surface area contributed by atoms with Crippen molar-refractivity contribution >= 4 is 90.2 Å². The molecule has 1 spiro atoms. The molecule has 1 aromatic heterocycles. The maximum Gasteiger partial charge on any atom is 0.190 e. The summed E-state index contributed by atoms with van der Waals surface area (Å²) in [6.07, 6.45) is 0. The van der Waals surface area contributed by atoms with Gasteiger partial charge in [0.1, 0.15) is 11.5 Å². The molecule has 0 aliphatic carbocycles. The zero-order chi connectivity index (χ0) is 41.5. The van der Waals surface area contributed by atoms with E-state index in [1.165, 1.54) is 74.2 Å². The molecule has 0 saturated carbocycles. The monoisotopic (exact) mass is 838 g/mol. The third-order valence-corrected chi connectivity index (χ3v) is 19.5. The number of fused-ring (bicyclic) bond motifs is 12. The lowest BCUT2D eigenvalue weighted by molar-refractivity contribution is 0.487. The molecule has 5 heteroatoms. The fourth-order valence-electron chi connectivity index (χ4n) is 10.5. The molecule has 63 heavy (non-hydrogen) atoms. The van der Waals surface area contributed by atoms with Crippen LogP contribution in [0.3, 0.4) is 0 Å². The van der Waals surface area contributed by atoms with E-state index >= 15 is 0 Å². The number of para-hydroxylation sites is 3. The van der Waals surface area contributed by atoms with Crippen molar-refractivity contribution in [2.45, 2.75) is 9.79 Å². The number of rotatable bonds is 5. The van der Waals surface area contributed by atoms with Crippen molar-refractivity contribution in [2.24, 2.45) is 0 Å². The highest BCUT2D eigenvalue weighted by molar-refractivity contribution is 8.00. The van der Waals surface area contributed by atoms with Crippen molar-refractivity contribution in [3.05, 3.63) is 231 Å². The van der Waals surface area contributed by atoms with E-state index in [2.05, 4.69) is 240 Å². The Hall–Kier alpha value is -7.57. The number of hydrogen-bond donors (Lipinski definition) is 0. The van der Waals surface area contributed by atoms with E-state index < -0.39 is 8.07 Å². The van der Waals surface area contributed by atoms with Gasteiger partial charge in [0.2, 0.25) is 0 Å². The second-order valence-corrected chi connectivity index (χ2v) is 21.1. The van der Waals surface area contributed by atoms with Crippen LogP contribution in [0.2, 0.25) is 0 Å². The predicted octanol–water partition coefficient (Wildman–Crippen LogP) is 13.0. The summed E-state index contributed by atoms with van der Waals surface area (Å²) in [6.45, 7) is 0. The van der Waals surface area contributed by atoms with E-state index in [0.717, 1.165) is 34.2 Å². The molecule has 0 N–H and O–H groups in total. The predicted molar refractivity (Wildman–Crippen MR) is 266 cm³/mol. The quantitative estimate of drug-likeness (QED) is 0.161. The highest BCUT2D eigenvalue weighted by Crippen LogP contribution is 2.44. The number of benzene rings is 10. The van der Waals surface area contributed by atoms with Crippen LogP contribution in [0.1, 0.15) is 0 Å². The van der Waals surface area contributed by atoms with Crippen LogP contribution in [-0.4, -0.2) is 12.6 Å². The summed E-state index contributed by atoms with van der Waals surface area (Å²) >= 11 is 1.89. The Labute approximate surface area is 371 Å². The number of anilines is 3. The average Bonchev–Trinajstić information content (AvgIpc) is 3.69. The van der Waals surface area contributed by atoms with E-state index in [1.807, 2.05) is 11.8 Å². The largest absolute Gasteiger partial charge is 0.458 e. The number of hydrogen-bond acceptors (Lipinski definition) is 3. The van der Waals surface area contributed by atoms with Crippen LogP contribution >= 0.6 is 11.8 Å². The second-order valence-electron chi connectivity index (χ2n) is 16.4. The Morgan fingerprint density at radius 1 is 0.429 bits per heavy atom. The Morgan fingerprint density at radius 3 is 1.84 bits per heavy atom. The summed E-state index contributed by atoms with van der Waals surface area (Å²) in [4.78, 5) is 5.09. The van der Waals surface area contributed by atoms with Gasteiger partial charge in [0, 0.05) is 43.0 Å². The van der Waals surface area contributed by atoms with Crippen molar-refractivity contribution < 1.29 is 4.74 Å². The Morgan fingerprint density at radius 2 is 1.03 bits per heavy atom.